The number of hydrogen-bond acceptors (Lipinski definition) is 4. The van der Waals surface area contributed by atoms with Crippen LogP contribution in [0.15, 0.2) is 29.3 Å². The Morgan fingerprint density at radius 1 is 1.13 bits per heavy atom. The second-order valence-corrected chi connectivity index (χ2v) is 9.15. The lowest BCUT2D eigenvalue weighted by molar-refractivity contribution is -0.122. The van der Waals surface area contributed by atoms with Crippen LogP contribution in [0.25, 0.3) is 0 Å². The predicted molar refractivity (Wildman–Crippen MR) is 124 cm³/mol. The van der Waals surface area contributed by atoms with Crippen LogP contribution in [0.4, 0.5) is 5.69 Å². The molecule has 1 saturated carbocycles. The Morgan fingerprint density at radius 3 is 2.39 bits per heavy atom. The SMILES string of the molecule is CC(C)Oc1ccc(NC(=NCC(=O)NC(C)(C)C)NCCCC(=O)NC2CC2)cc1. The van der Waals surface area contributed by atoms with Crippen molar-refractivity contribution in [2.75, 3.05) is 18.4 Å². The minimum Gasteiger partial charge on any atom is -0.491 e. The molecule has 1 aromatic rings. The van der Waals surface area contributed by atoms with Crippen molar-refractivity contribution in [3.05, 3.63) is 24.3 Å². The number of nitrogens with zero attached hydrogens (tertiary/aromatic N) is 1. The minimum absolute atomic E-state index is 0.00329. The van der Waals surface area contributed by atoms with Crippen LogP contribution in [0.1, 0.15) is 60.3 Å². The van der Waals surface area contributed by atoms with E-state index in [1.54, 1.807) is 0 Å². The third kappa shape index (κ3) is 11.3. The summed E-state index contributed by atoms with van der Waals surface area (Å²) in [5.74, 6) is 1.21. The number of amides is 2. The average molecular weight is 432 g/mol. The first-order valence-corrected chi connectivity index (χ1v) is 11.0. The van der Waals surface area contributed by atoms with Crippen LogP contribution in [0.3, 0.4) is 0 Å². The van der Waals surface area contributed by atoms with Crippen molar-refractivity contribution in [1.82, 2.24) is 16.0 Å². The molecule has 8 nitrogen and oxygen atoms in total. The van der Waals surface area contributed by atoms with E-state index in [1.165, 1.54) is 0 Å². The second-order valence-electron chi connectivity index (χ2n) is 9.15. The zero-order chi connectivity index (χ0) is 22.9. The lowest BCUT2D eigenvalue weighted by Crippen LogP contribution is -2.42. The van der Waals surface area contributed by atoms with E-state index in [0.29, 0.717) is 31.4 Å². The molecule has 0 bridgehead atoms. The van der Waals surface area contributed by atoms with E-state index in [1.807, 2.05) is 58.9 Å². The van der Waals surface area contributed by atoms with Gasteiger partial charge in [-0.3, -0.25) is 9.59 Å². The van der Waals surface area contributed by atoms with Gasteiger partial charge in [-0.2, -0.15) is 0 Å². The van der Waals surface area contributed by atoms with Crippen molar-refractivity contribution in [3.8, 4) is 5.75 Å². The summed E-state index contributed by atoms with van der Waals surface area (Å²) in [7, 11) is 0. The molecule has 172 valence electrons. The molecule has 0 radical (unpaired) electrons. The Balaban J connectivity index is 1.91. The van der Waals surface area contributed by atoms with Crippen molar-refractivity contribution in [1.29, 1.82) is 0 Å². The number of anilines is 1. The Labute approximate surface area is 185 Å². The van der Waals surface area contributed by atoms with Crippen LogP contribution < -0.4 is 26.0 Å². The molecular weight excluding hydrogens is 394 g/mol. The van der Waals surface area contributed by atoms with Crippen LogP contribution in [0.5, 0.6) is 5.75 Å². The van der Waals surface area contributed by atoms with Crippen LogP contribution in [-0.4, -0.2) is 48.5 Å². The highest BCUT2D eigenvalue weighted by Crippen LogP contribution is 2.19. The van der Waals surface area contributed by atoms with Crippen molar-refractivity contribution in [2.24, 2.45) is 4.99 Å². The van der Waals surface area contributed by atoms with E-state index in [4.69, 9.17) is 4.74 Å². The largest absolute Gasteiger partial charge is 0.491 e. The van der Waals surface area contributed by atoms with Gasteiger partial charge in [-0.05, 0) is 78.1 Å². The molecule has 2 rings (SSSR count). The topological polar surface area (TPSA) is 104 Å². The molecule has 0 aliphatic heterocycles. The molecule has 1 aliphatic carbocycles. The van der Waals surface area contributed by atoms with E-state index in [9.17, 15) is 9.59 Å². The fraction of sp³-hybridized carbons (Fsp3) is 0.609. The number of rotatable bonds is 10. The van der Waals surface area contributed by atoms with Gasteiger partial charge in [0.05, 0.1) is 6.10 Å². The van der Waals surface area contributed by atoms with Crippen LogP contribution in [-0.2, 0) is 9.59 Å². The second kappa shape index (κ2) is 11.6. The highest BCUT2D eigenvalue weighted by atomic mass is 16.5. The van der Waals surface area contributed by atoms with Gasteiger partial charge in [-0.15, -0.1) is 0 Å². The lowest BCUT2D eigenvalue weighted by atomic mass is 10.1. The summed E-state index contributed by atoms with van der Waals surface area (Å²) >= 11 is 0. The van der Waals surface area contributed by atoms with E-state index >= 15 is 0 Å². The number of guanidine groups is 1. The highest BCUT2D eigenvalue weighted by Gasteiger charge is 2.22. The maximum Gasteiger partial charge on any atom is 0.242 e. The van der Waals surface area contributed by atoms with Gasteiger partial charge in [-0.25, -0.2) is 4.99 Å². The fourth-order valence-electron chi connectivity index (χ4n) is 2.76. The standard InChI is InChI=1S/C23H37N5O3/c1-16(2)31-19-12-10-18(11-13-19)27-22(25-15-21(30)28-23(3,4)5)24-14-6-7-20(29)26-17-8-9-17/h10-13,16-17H,6-9,14-15H2,1-5H3,(H,26,29)(H,28,30)(H2,24,25,27). The fourth-order valence-corrected chi connectivity index (χ4v) is 2.76. The number of nitrogens with one attached hydrogen (secondary N) is 4. The summed E-state index contributed by atoms with van der Waals surface area (Å²) in [6, 6.07) is 7.94. The predicted octanol–water partition coefficient (Wildman–Crippen LogP) is 2.80. The number of hydrogen-bond donors (Lipinski definition) is 4. The zero-order valence-corrected chi connectivity index (χ0v) is 19.4. The van der Waals surface area contributed by atoms with Crippen LogP contribution >= 0.6 is 0 Å². The van der Waals surface area contributed by atoms with Gasteiger partial charge < -0.3 is 26.0 Å². The van der Waals surface area contributed by atoms with Crippen molar-refractivity contribution < 1.29 is 14.3 Å². The summed E-state index contributed by atoms with van der Waals surface area (Å²) in [5.41, 5.74) is 0.513. The molecule has 1 fully saturated rings. The molecule has 0 spiro atoms. The molecule has 31 heavy (non-hydrogen) atoms. The first-order chi connectivity index (χ1) is 14.6. The van der Waals surface area contributed by atoms with E-state index in [-0.39, 0.29) is 30.0 Å². The Hall–Kier alpha value is -2.77. The molecule has 0 saturated heterocycles. The maximum absolute atomic E-state index is 12.1. The molecule has 0 unspecified atom stereocenters. The summed E-state index contributed by atoms with van der Waals surface area (Å²) in [6.45, 7) is 10.3. The van der Waals surface area contributed by atoms with E-state index in [2.05, 4.69) is 26.3 Å². The van der Waals surface area contributed by atoms with E-state index < -0.39 is 0 Å². The number of benzene rings is 1. The Bertz CT molecular complexity index is 749. The van der Waals surface area contributed by atoms with Crippen molar-refractivity contribution in [2.45, 2.75) is 78.0 Å². The molecule has 8 heteroatoms. The number of carbonyl (C=O) groups excluding carboxylic acids is 2. The normalized spacial score (nSPS) is 14.2. The molecule has 1 aromatic carbocycles. The van der Waals surface area contributed by atoms with Crippen molar-refractivity contribution >= 4 is 23.5 Å². The highest BCUT2D eigenvalue weighted by molar-refractivity contribution is 5.95. The third-order valence-electron chi connectivity index (χ3n) is 4.20. The van der Waals surface area contributed by atoms with Gasteiger partial charge in [0.2, 0.25) is 11.8 Å². The molecule has 0 heterocycles. The van der Waals surface area contributed by atoms with Crippen LogP contribution in [0.2, 0.25) is 0 Å². The minimum atomic E-state index is -0.311. The Morgan fingerprint density at radius 2 is 1.81 bits per heavy atom. The van der Waals surface area contributed by atoms with Gasteiger partial charge in [0.25, 0.3) is 0 Å². The number of aliphatic imine (C=N–C) groups is 1. The molecule has 0 aromatic heterocycles. The Kier molecular flexibility index (Phi) is 9.15. The number of ether oxygens (including phenoxy) is 1. The van der Waals surface area contributed by atoms with Crippen molar-refractivity contribution in [3.63, 3.8) is 0 Å². The first kappa shape index (κ1) is 24.5. The van der Waals surface area contributed by atoms with Crippen LogP contribution in [0, 0.1) is 0 Å². The summed E-state index contributed by atoms with van der Waals surface area (Å²) in [4.78, 5) is 28.4. The van der Waals surface area contributed by atoms with Gasteiger partial charge in [0.1, 0.15) is 12.3 Å². The summed E-state index contributed by atoms with van der Waals surface area (Å²) < 4.78 is 5.67. The molecule has 2 amide bonds. The first-order valence-electron chi connectivity index (χ1n) is 11.0. The molecule has 1 aliphatic rings. The lowest BCUT2D eigenvalue weighted by Gasteiger charge is -2.20. The smallest absolute Gasteiger partial charge is 0.242 e. The third-order valence-corrected chi connectivity index (χ3v) is 4.20. The van der Waals surface area contributed by atoms with Gasteiger partial charge in [0, 0.05) is 30.2 Å². The molecule has 4 N–H and O–H groups in total. The monoisotopic (exact) mass is 431 g/mol. The zero-order valence-electron chi connectivity index (χ0n) is 19.4. The summed E-state index contributed by atoms with van der Waals surface area (Å²) in [6.07, 6.45) is 3.41. The molecular formula is C23H37N5O3. The molecule has 0 atom stereocenters. The average Bonchev–Trinajstić information content (AvgIpc) is 3.46. The number of carbonyl (C=O) groups is 2. The van der Waals surface area contributed by atoms with Gasteiger partial charge in [0.15, 0.2) is 5.96 Å². The quantitative estimate of drug-likeness (QED) is 0.259. The summed E-state index contributed by atoms with van der Waals surface area (Å²) in [5, 5.41) is 12.3. The maximum atomic E-state index is 12.1. The van der Waals surface area contributed by atoms with Gasteiger partial charge >= 0.3 is 0 Å². The van der Waals surface area contributed by atoms with Gasteiger partial charge in [-0.1, -0.05) is 0 Å². The van der Waals surface area contributed by atoms with E-state index in [0.717, 1.165) is 24.3 Å².